The first-order chi connectivity index (χ1) is 17.8. The summed E-state index contributed by atoms with van der Waals surface area (Å²) < 4.78 is 83.3. The molecular formula is C25H27ClF4N4O3S. The lowest BCUT2D eigenvalue weighted by Crippen LogP contribution is -2.37. The van der Waals surface area contributed by atoms with Crippen molar-refractivity contribution in [2.24, 2.45) is 0 Å². The topological polar surface area (TPSA) is 84.3 Å². The molecule has 1 atom stereocenters. The highest BCUT2D eigenvalue weighted by molar-refractivity contribution is 7.91. The van der Waals surface area contributed by atoms with Crippen molar-refractivity contribution < 1.29 is 30.8 Å². The van der Waals surface area contributed by atoms with Gasteiger partial charge in [0.15, 0.2) is 0 Å². The Morgan fingerprint density at radius 1 is 1.18 bits per heavy atom. The number of aryl methyl sites for hydroxylation is 1. The average molecular weight is 575 g/mol. The molecule has 7 nitrogen and oxygen atoms in total. The second kappa shape index (κ2) is 9.95. The van der Waals surface area contributed by atoms with Crippen LogP contribution in [0.1, 0.15) is 54.2 Å². The first-order valence-electron chi connectivity index (χ1n) is 12.4. The summed E-state index contributed by atoms with van der Waals surface area (Å²) in [6, 6.07) is 2.39. The van der Waals surface area contributed by atoms with Crippen molar-refractivity contribution in [3.63, 3.8) is 0 Å². The zero-order chi connectivity index (χ0) is 27.4. The van der Waals surface area contributed by atoms with E-state index in [0.29, 0.717) is 55.4 Å². The maximum atomic E-state index is 15.0. The number of sulfonamides is 1. The summed E-state index contributed by atoms with van der Waals surface area (Å²) >= 11 is 6.09. The molecular weight excluding hydrogens is 548 g/mol. The van der Waals surface area contributed by atoms with Crippen LogP contribution in [0.3, 0.4) is 0 Å². The van der Waals surface area contributed by atoms with E-state index >= 15 is 0 Å². The molecule has 13 heteroatoms. The highest BCUT2D eigenvalue weighted by atomic mass is 35.5. The van der Waals surface area contributed by atoms with Gasteiger partial charge in [-0.25, -0.2) is 17.5 Å². The third-order valence-electron chi connectivity index (χ3n) is 7.30. The number of carbonyl (C=O) groups excluding carboxylic acids is 1. The van der Waals surface area contributed by atoms with Crippen molar-refractivity contribution in [2.45, 2.75) is 61.9 Å². The van der Waals surface area contributed by atoms with Crippen LogP contribution in [0.25, 0.3) is 10.9 Å². The highest BCUT2D eigenvalue weighted by Crippen LogP contribution is 2.37. The molecule has 0 radical (unpaired) electrons. The molecule has 1 aromatic carbocycles. The fourth-order valence-corrected chi connectivity index (χ4v) is 6.68. The molecule has 2 fully saturated rings. The molecule has 2 heterocycles. The van der Waals surface area contributed by atoms with E-state index in [4.69, 9.17) is 11.6 Å². The van der Waals surface area contributed by atoms with Gasteiger partial charge in [0.2, 0.25) is 10.0 Å². The summed E-state index contributed by atoms with van der Waals surface area (Å²) in [4.78, 5) is 14.5. The van der Waals surface area contributed by atoms with Crippen LogP contribution in [0.5, 0.6) is 0 Å². The smallest absolute Gasteiger partial charge is 0.299 e. The number of nitrogens with zero attached hydrogens (tertiary/aromatic N) is 3. The van der Waals surface area contributed by atoms with E-state index in [1.54, 1.807) is 11.6 Å². The number of aromatic nitrogens is 2. The van der Waals surface area contributed by atoms with Crippen LogP contribution in [0.2, 0.25) is 0 Å². The van der Waals surface area contributed by atoms with E-state index in [1.165, 1.54) is 18.2 Å². The van der Waals surface area contributed by atoms with Gasteiger partial charge in [0, 0.05) is 31.1 Å². The number of piperidine rings is 1. The van der Waals surface area contributed by atoms with Crippen molar-refractivity contribution in [1.29, 1.82) is 0 Å². The molecule has 1 amide bonds. The number of rotatable bonds is 6. The Bertz CT molecular complexity index is 1440. The van der Waals surface area contributed by atoms with Crippen molar-refractivity contribution in [3.05, 3.63) is 52.5 Å². The summed E-state index contributed by atoms with van der Waals surface area (Å²) in [6.45, 7) is 2.89. The van der Waals surface area contributed by atoms with Gasteiger partial charge in [-0.2, -0.15) is 18.3 Å². The molecule has 2 aromatic rings. The molecule has 0 spiro atoms. The maximum Gasteiger partial charge on any atom is 0.416 e. The number of hydrogen-bond acceptors (Lipinski definition) is 5. The predicted octanol–water partition coefficient (Wildman–Crippen LogP) is 4.77. The molecule has 206 valence electrons. The molecule has 1 aliphatic heterocycles. The highest BCUT2D eigenvalue weighted by Gasteiger charge is 2.39. The van der Waals surface area contributed by atoms with Crippen molar-refractivity contribution in [3.8, 4) is 0 Å². The van der Waals surface area contributed by atoms with E-state index < -0.39 is 44.1 Å². The molecule has 5 rings (SSSR count). The lowest BCUT2D eigenvalue weighted by molar-refractivity contribution is -0.0903. The number of benzene rings is 1. The number of hydrogen-bond donors (Lipinski definition) is 1. The molecule has 1 saturated carbocycles. The second-order valence-electron chi connectivity index (χ2n) is 10.1. The van der Waals surface area contributed by atoms with Gasteiger partial charge in [-0.3, -0.25) is 14.4 Å². The lowest BCUT2D eigenvalue weighted by atomic mass is 9.95. The molecule has 1 aromatic heterocycles. The van der Waals surface area contributed by atoms with Crippen LogP contribution in [0.4, 0.5) is 17.6 Å². The number of likely N-dealkylation sites (tertiary alicyclic amines) is 1. The van der Waals surface area contributed by atoms with Gasteiger partial charge in [0.25, 0.3) is 5.91 Å². The second-order valence-corrected chi connectivity index (χ2v) is 12.6. The number of allylic oxidation sites excluding steroid dienone is 2. The number of carbonyl (C=O) groups is 1. The van der Waals surface area contributed by atoms with E-state index in [-0.39, 0.29) is 30.1 Å². The number of halogens is 5. The molecule has 0 bridgehead atoms. The zero-order valence-electron chi connectivity index (χ0n) is 20.6. The minimum absolute atomic E-state index is 0.115. The third kappa shape index (κ3) is 5.48. The Labute approximate surface area is 222 Å². The summed E-state index contributed by atoms with van der Waals surface area (Å²) in [5.41, 5.74) is 0.208. The van der Waals surface area contributed by atoms with Crippen LogP contribution in [0, 0.1) is 12.7 Å². The molecule has 2 aliphatic carbocycles. The fourth-order valence-electron chi connectivity index (χ4n) is 5.15. The van der Waals surface area contributed by atoms with Crippen LogP contribution >= 0.6 is 11.6 Å². The Balaban J connectivity index is 1.30. The molecule has 38 heavy (non-hydrogen) atoms. The summed E-state index contributed by atoms with van der Waals surface area (Å²) in [5, 5.41) is 4.00. The maximum absolute atomic E-state index is 15.0. The zero-order valence-corrected chi connectivity index (χ0v) is 22.1. The monoisotopic (exact) mass is 574 g/mol. The SMILES string of the molecule is Cc1nn(C2CCN(CC3=CC(Cl)CC=C3C(F)(F)F)CC2)c2cc(F)c(C(=O)NS(=O)(=O)C3CC3)cc12. The van der Waals surface area contributed by atoms with E-state index in [2.05, 4.69) is 5.10 Å². The minimum Gasteiger partial charge on any atom is -0.299 e. The molecule has 3 aliphatic rings. The van der Waals surface area contributed by atoms with Gasteiger partial charge in [-0.05, 0) is 50.7 Å². The Kier molecular flexibility index (Phi) is 7.10. The summed E-state index contributed by atoms with van der Waals surface area (Å²) in [7, 11) is -3.83. The van der Waals surface area contributed by atoms with Gasteiger partial charge in [0.1, 0.15) is 5.82 Å². The van der Waals surface area contributed by atoms with Crippen LogP contribution in [0.15, 0.2) is 35.4 Å². The largest absolute Gasteiger partial charge is 0.416 e. The minimum atomic E-state index is -4.44. The molecule has 1 N–H and O–H groups in total. The van der Waals surface area contributed by atoms with Gasteiger partial charge in [-0.1, -0.05) is 12.2 Å². The third-order valence-corrected chi connectivity index (χ3v) is 9.42. The number of fused-ring (bicyclic) bond motifs is 1. The Morgan fingerprint density at radius 2 is 1.87 bits per heavy atom. The fraction of sp³-hybridized carbons (Fsp3) is 0.520. The van der Waals surface area contributed by atoms with Gasteiger partial charge < -0.3 is 0 Å². The van der Waals surface area contributed by atoms with Crippen LogP contribution in [-0.2, 0) is 10.0 Å². The van der Waals surface area contributed by atoms with Gasteiger partial charge >= 0.3 is 6.18 Å². The first kappa shape index (κ1) is 27.1. The lowest BCUT2D eigenvalue weighted by Gasteiger charge is -2.34. The Morgan fingerprint density at radius 3 is 2.50 bits per heavy atom. The quantitative estimate of drug-likeness (QED) is 0.397. The van der Waals surface area contributed by atoms with Crippen molar-refractivity contribution >= 4 is 38.4 Å². The molecule has 1 saturated heterocycles. The van der Waals surface area contributed by atoms with Gasteiger partial charge in [0.05, 0.1) is 39.0 Å². The van der Waals surface area contributed by atoms with Gasteiger partial charge in [-0.15, -0.1) is 11.6 Å². The van der Waals surface area contributed by atoms with E-state index in [9.17, 15) is 30.8 Å². The summed E-state index contributed by atoms with van der Waals surface area (Å²) in [6.07, 6.45) is 0.457. The van der Waals surface area contributed by atoms with E-state index in [1.807, 2.05) is 9.62 Å². The normalized spacial score (nSPS) is 21.9. The van der Waals surface area contributed by atoms with Crippen molar-refractivity contribution in [2.75, 3.05) is 19.6 Å². The average Bonchev–Trinajstić information content (AvgIpc) is 3.64. The Hall–Kier alpha value is -2.44. The first-order valence-corrected chi connectivity index (χ1v) is 14.4. The van der Waals surface area contributed by atoms with E-state index in [0.717, 1.165) is 6.08 Å². The molecule has 1 unspecified atom stereocenters. The number of amides is 1. The predicted molar refractivity (Wildman–Crippen MR) is 135 cm³/mol. The number of nitrogens with one attached hydrogen (secondary N) is 1. The number of alkyl halides is 4. The van der Waals surface area contributed by atoms with Crippen LogP contribution in [-0.4, -0.2) is 65.4 Å². The standard InChI is InChI=1S/C25H27ClF4N4O3S/c1-14-19-11-20(24(35)32-38(36,37)18-3-4-18)22(27)12-23(19)34(31-14)17-6-8-33(9-7-17)13-15-10-16(26)2-5-21(15)25(28,29)30/h5,10-12,16-18H,2-4,6-9,13H2,1H3,(H,32,35). The van der Waals surface area contributed by atoms with Crippen molar-refractivity contribution in [1.82, 2.24) is 19.4 Å². The summed E-state index contributed by atoms with van der Waals surface area (Å²) in [5.74, 6) is -1.87. The van der Waals surface area contributed by atoms with Crippen LogP contribution < -0.4 is 4.72 Å².